The number of carbonyl (C=O) groups is 1. The zero-order valence-electron chi connectivity index (χ0n) is 19.0. The molecule has 3 atom stereocenters. The molecule has 1 saturated carbocycles. The lowest BCUT2D eigenvalue weighted by Crippen LogP contribution is -2.52. The minimum atomic E-state index is -0.300. The van der Waals surface area contributed by atoms with Gasteiger partial charge in [0.25, 0.3) is 0 Å². The lowest BCUT2D eigenvalue weighted by atomic mass is 9.91. The van der Waals surface area contributed by atoms with Crippen molar-refractivity contribution in [2.45, 2.75) is 69.2 Å². The predicted octanol–water partition coefficient (Wildman–Crippen LogP) is 2.91. The summed E-state index contributed by atoms with van der Waals surface area (Å²) in [6.45, 7) is 5.90. The topological polar surface area (TPSA) is 45.2 Å². The number of amides is 1. The maximum absolute atomic E-state index is 13.7. The van der Waals surface area contributed by atoms with Crippen LogP contribution in [0.5, 0.6) is 5.75 Å². The molecule has 6 nitrogen and oxygen atoms in total. The Hall–Kier alpha value is -1.70. The van der Waals surface area contributed by atoms with Gasteiger partial charge in [0.2, 0.25) is 5.91 Å². The SMILES string of the molecule is O=C([C@H]1C[C@H](Oc2cccc(F)c2)CN1C1CCCOC1)N1CCCN(C2CCC2)CC1. The Morgan fingerprint density at radius 2 is 1.91 bits per heavy atom. The lowest BCUT2D eigenvalue weighted by molar-refractivity contribution is -0.137. The molecule has 3 saturated heterocycles. The fraction of sp³-hybridized carbons (Fsp3) is 0.720. The van der Waals surface area contributed by atoms with E-state index in [1.165, 1.54) is 31.4 Å². The largest absolute Gasteiger partial charge is 0.489 e. The van der Waals surface area contributed by atoms with Crippen LogP contribution in [0.15, 0.2) is 24.3 Å². The minimum absolute atomic E-state index is 0.119. The van der Waals surface area contributed by atoms with Gasteiger partial charge in [-0.25, -0.2) is 4.39 Å². The number of rotatable bonds is 5. The van der Waals surface area contributed by atoms with Crippen LogP contribution in [-0.2, 0) is 9.53 Å². The molecule has 4 fully saturated rings. The molecule has 1 aromatic rings. The Morgan fingerprint density at radius 3 is 2.66 bits per heavy atom. The van der Waals surface area contributed by atoms with Crippen LogP contribution in [-0.4, -0.2) is 90.8 Å². The second-order valence-corrected chi connectivity index (χ2v) is 9.82. The van der Waals surface area contributed by atoms with E-state index in [2.05, 4.69) is 14.7 Å². The van der Waals surface area contributed by atoms with E-state index >= 15 is 0 Å². The molecule has 0 radical (unpaired) electrons. The van der Waals surface area contributed by atoms with Crippen LogP contribution in [0.1, 0.15) is 44.9 Å². The molecule has 0 N–H and O–H groups in total. The van der Waals surface area contributed by atoms with Gasteiger partial charge in [0.1, 0.15) is 17.7 Å². The number of ether oxygens (including phenoxy) is 2. The number of likely N-dealkylation sites (tertiary alicyclic amines) is 1. The van der Waals surface area contributed by atoms with Crippen molar-refractivity contribution >= 4 is 5.91 Å². The summed E-state index contributed by atoms with van der Waals surface area (Å²) in [5.74, 6) is 0.469. The van der Waals surface area contributed by atoms with Gasteiger partial charge in [0, 0.05) is 63.9 Å². The van der Waals surface area contributed by atoms with Gasteiger partial charge in [-0.05, 0) is 44.2 Å². The van der Waals surface area contributed by atoms with E-state index in [9.17, 15) is 9.18 Å². The van der Waals surface area contributed by atoms with Crippen LogP contribution in [0.4, 0.5) is 4.39 Å². The third kappa shape index (κ3) is 4.95. The van der Waals surface area contributed by atoms with Crippen LogP contribution in [0.25, 0.3) is 0 Å². The van der Waals surface area contributed by atoms with Gasteiger partial charge >= 0.3 is 0 Å². The molecule has 1 aliphatic carbocycles. The number of halogens is 1. The van der Waals surface area contributed by atoms with Gasteiger partial charge < -0.3 is 14.4 Å². The fourth-order valence-electron chi connectivity index (χ4n) is 5.76. The second kappa shape index (κ2) is 10.1. The smallest absolute Gasteiger partial charge is 0.240 e. The first-order valence-corrected chi connectivity index (χ1v) is 12.5. The molecule has 3 heterocycles. The van der Waals surface area contributed by atoms with Crippen molar-refractivity contribution in [2.24, 2.45) is 0 Å². The van der Waals surface area contributed by atoms with E-state index in [1.807, 2.05) is 0 Å². The molecule has 0 bridgehead atoms. The Kier molecular flexibility index (Phi) is 6.95. The van der Waals surface area contributed by atoms with Crippen molar-refractivity contribution in [3.63, 3.8) is 0 Å². The van der Waals surface area contributed by atoms with Gasteiger partial charge in [0.05, 0.1) is 12.6 Å². The second-order valence-electron chi connectivity index (χ2n) is 9.82. The van der Waals surface area contributed by atoms with Crippen LogP contribution >= 0.6 is 0 Å². The summed E-state index contributed by atoms with van der Waals surface area (Å²) < 4.78 is 25.5. The number of nitrogens with zero attached hydrogens (tertiary/aromatic N) is 3. The standard InChI is InChI=1S/C25H36FN3O3/c26-19-5-1-9-22(15-19)32-23-16-24(29(17-23)21-8-3-14-31-18-21)25(30)28-11-4-10-27(12-13-28)20-6-2-7-20/h1,5,9,15,20-21,23-24H,2-4,6-8,10-14,16-18H2/t21?,23-,24+/m0/s1. The average molecular weight is 446 g/mol. The van der Waals surface area contributed by atoms with E-state index in [0.717, 1.165) is 58.1 Å². The molecule has 1 aromatic carbocycles. The number of carbonyl (C=O) groups excluding carboxylic acids is 1. The highest BCUT2D eigenvalue weighted by Crippen LogP contribution is 2.30. The Balaban J connectivity index is 1.27. The maximum atomic E-state index is 13.7. The summed E-state index contributed by atoms with van der Waals surface area (Å²) in [5.41, 5.74) is 0. The lowest BCUT2D eigenvalue weighted by Gasteiger charge is -2.37. The molecule has 0 spiro atoms. The number of hydrogen-bond acceptors (Lipinski definition) is 5. The number of hydrogen-bond donors (Lipinski definition) is 0. The van der Waals surface area contributed by atoms with Gasteiger partial charge in [-0.1, -0.05) is 12.5 Å². The monoisotopic (exact) mass is 445 g/mol. The summed E-state index contributed by atoms with van der Waals surface area (Å²) in [5, 5.41) is 0. The van der Waals surface area contributed by atoms with Gasteiger partial charge in [0.15, 0.2) is 0 Å². The van der Waals surface area contributed by atoms with E-state index in [1.54, 1.807) is 12.1 Å². The van der Waals surface area contributed by atoms with Crippen molar-refractivity contribution in [1.82, 2.24) is 14.7 Å². The fourth-order valence-corrected chi connectivity index (χ4v) is 5.76. The molecule has 0 aromatic heterocycles. The average Bonchev–Trinajstić information content (AvgIpc) is 3.03. The summed E-state index contributed by atoms with van der Waals surface area (Å²) in [7, 11) is 0. The Labute approximate surface area is 190 Å². The van der Waals surface area contributed by atoms with Crippen molar-refractivity contribution < 1.29 is 18.7 Å². The highest BCUT2D eigenvalue weighted by Gasteiger charge is 2.43. The summed E-state index contributed by atoms with van der Waals surface area (Å²) in [6, 6.07) is 7.10. The van der Waals surface area contributed by atoms with Gasteiger partial charge in [-0.3, -0.25) is 14.6 Å². The normalized spacial score (nSPS) is 30.7. The molecule has 7 heteroatoms. The summed E-state index contributed by atoms with van der Waals surface area (Å²) >= 11 is 0. The summed E-state index contributed by atoms with van der Waals surface area (Å²) in [6.07, 6.45) is 7.61. The van der Waals surface area contributed by atoms with Gasteiger partial charge in [-0.2, -0.15) is 0 Å². The Morgan fingerprint density at radius 1 is 1.03 bits per heavy atom. The van der Waals surface area contributed by atoms with Crippen LogP contribution in [0.2, 0.25) is 0 Å². The molecule has 176 valence electrons. The van der Waals surface area contributed by atoms with E-state index in [0.29, 0.717) is 25.3 Å². The van der Waals surface area contributed by atoms with E-state index < -0.39 is 0 Å². The molecular formula is C25H36FN3O3. The third-order valence-electron chi connectivity index (χ3n) is 7.72. The van der Waals surface area contributed by atoms with Crippen molar-refractivity contribution in [2.75, 3.05) is 45.9 Å². The third-order valence-corrected chi connectivity index (χ3v) is 7.72. The molecule has 4 aliphatic rings. The Bertz CT molecular complexity index is 783. The maximum Gasteiger partial charge on any atom is 0.240 e. The summed E-state index contributed by atoms with van der Waals surface area (Å²) in [4.78, 5) is 20.7. The molecular weight excluding hydrogens is 409 g/mol. The van der Waals surface area contributed by atoms with Crippen LogP contribution in [0, 0.1) is 5.82 Å². The van der Waals surface area contributed by atoms with Crippen molar-refractivity contribution in [3.8, 4) is 5.75 Å². The van der Waals surface area contributed by atoms with E-state index in [4.69, 9.17) is 9.47 Å². The zero-order valence-corrected chi connectivity index (χ0v) is 19.0. The highest BCUT2D eigenvalue weighted by molar-refractivity contribution is 5.82. The zero-order chi connectivity index (χ0) is 21.9. The molecule has 5 rings (SSSR count). The van der Waals surface area contributed by atoms with Crippen LogP contribution < -0.4 is 4.74 Å². The van der Waals surface area contributed by atoms with E-state index in [-0.39, 0.29) is 29.9 Å². The first-order valence-electron chi connectivity index (χ1n) is 12.5. The highest BCUT2D eigenvalue weighted by atomic mass is 19.1. The molecule has 1 unspecified atom stereocenters. The quantitative estimate of drug-likeness (QED) is 0.698. The molecule has 32 heavy (non-hydrogen) atoms. The van der Waals surface area contributed by atoms with Crippen LogP contribution in [0.3, 0.4) is 0 Å². The van der Waals surface area contributed by atoms with Gasteiger partial charge in [-0.15, -0.1) is 0 Å². The molecule has 3 aliphatic heterocycles. The number of benzene rings is 1. The minimum Gasteiger partial charge on any atom is -0.489 e. The van der Waals surface area contributed by atoms with Crippen molar-refractivity contribution in [3.05, 3.63) is 30.1 Å². The first-order chi connectivity index (χ1) is 15.7. The van der Waals surface area contributed by atoms with Crippen molar-refractivity contribution in [1.29, 1.82) is 0 Å². The predicted molar refractivity (Wildman–Crippen MR) is 120 cm³/mol. The molecule has 1 amide bonds. The first kappa shape index (κ1) is 22.1.